The first-order chi connectivity index (χ1) is 12.3. The minimum Gasteiger partial charge on any atom is -0.306 e. The van der Waals surface area contributed by atoms with Crippen molar-refractivity contribution in [1.29, 1.82) is 0 Å². The number of hydrogen-bond donors (Lipinski definition) is 0. The van der Waals surface area contributed by atoms with E-state index in [4.69, 9.17) is 10.1 Å². The standard InChI is InChI=1S/C20H23N5/c1-24-13-5-8-18(15-24)20-22-19(17-9-11-21-12-10-17)23-25(20)14-16-6-3-2-4-7-16/h2-4,6-7,9-12,18H,5,8,13-15H2,1H3/t18-/m0/s1. The van der Waals surface area contributed by atoms with Crippen molar-refractivity contribution in [3.05, 3.63) is 66.2 Å². The Morgan fingerprint density at radius 3 is 2.64 bits per heavy atom. The van der Waals surface area contributed by atoms with Gasteiger partial charge in [0.2, 0.25) is 0 Å². The maximum atomic E-state index is 4.93. The van der Waals surface area contributed by atoms with Crippen LogP contribution in [-0.2, 0) is 6.54 Å². The third kappa shape index (κ3) is 3.61. The number of piperidine rings is 1. The van der Waals surface area contributed by atoms with Crippen LogP contribution in [0.1, 0.15) is 30.1 Å². The molecule has 0 radical (unpaired) electrons. The van der Waals surface area contributed by atoms with Gasteiger partial charge >= 0.3 is 0 Å². The highest BCUT2D eigenvalue weighted by atomic mass is 15.4. The van der Waals surface area contributed by atoms with Gasteiger partial charge in [-0.3, -0.25) is 4.98 Å². The first-order valence-electron chi connectivity index (χ1n) is 8.87. The molecule has 4 rings (SSSR count). The second-order valence-electron chi connectivity index (χ2n) is 6.77. The molecule has 0 aliphatic carbocycles. The molecule has 0 N–H and O–H groups in total. The van der Waals surface area contributed by atoms with E-state index in [0.717, 1.165) is 30.3 Å². The molecule has 0 bridgehead atoms. The van der Waals surface area contributed by atoms with Crippen LogP contribution in [0.2, 0.25) is 0 Å². The number of aromatic nitrogens is 4. The lowest BCUT2D eigenvalue weighted by Crippen LogP contribution is -2.32. The molecule has 1 aromatic carbocycles. The number of rotatable bonds is 4. The van der Waals surface area contributed by atoms with Crippen molar-refractivity contribution in [3.8, 4) is 11.4 Å². The van der Waals surface area contributed by atoms with Crippen LogP contribution in [0.5, 0.6) is 0 Å². The lowest BCUT2D eigenvalue weighted by atomic mass is 9.97. The highest BCUT2D eigenvalue weighted by Gasteiger charge is 2.25. The Morgan fingerprint density at radius 2 is 1.88 bits per heavy atom. The molecule has 2 aromatic heterocycles. The van der Waals surface area contributed by atoms with Crippen molar-refractivity contribution in [2.24, 2.45) is 0 Å². The summed E-state index contributed by atoms with van der Waals surface area (Å²) >= 11 is 0. The van der Waals surface area contributed by atoms with Gasteiger partial charge in [0.05, 0.1) is 6.54 Å². The molecule has 1 aliphatic heterocycles. The summed E-state index contributed by atoms with van der Waals surface area (Å²) in [6.45, 7) is 2.97. The number of nitrogens with zero attached hydrogens (tertiary/aromatic N) is 5. The minimum atomic E-state index is 0.436. The van der Waals surface area contributed by atoms with E-state index in [0.29, 0.717) is 5.92 Å². The van der Waals surface area contributed by atoms with E-state index in [2.05, 4.69) is 45.9 Å². The maximum absolute atomic E-state index is 4.93. The first-order valence-corrected chi connectivity index (χ1v) is 8.87. The number of benzene rings is 1. The summed E-state index contributed by atoms with van der Waals surface area (Å²) in [5.74, 6) is 2.33. The van der Waals surface area contributed by atoms with Crippen molar-refractivity contribution in [3.63, 3.8) is 0 Å². The van der Waals surface area contributed by atoms with Crippen LogP contribution in [0.25, 0.3) is 11.4 Å². The van der Waals surface area contributed by atoms with Crippen molar-refractivity contribution in [2.75, 3.05) is 20.1 Å². The average molecular weight is 333 g/mol. The molecule has 1 aliphatic rings. The zero-order chi connectivity index (χ0) is 17.1. The van der Waals surface area contributed by atoms with Gasteiger partial charge in [-0.1, -0.05) is 30.3 Å². The highest BCUT2D eigenvalue weighted by Crippen LogP contribution is 2.27. The molecule has 0 saturated carbocycles. The van der Waals surface area contributed by atoms with E-state index in [9.17, 15) is 0 Å². The predicted octanol–water partition coefficient (Wildman–Crippen LogP) is 3.20. The number of likely N-dealkylation sites (N-methyl/N-ethyl adjacent to an activating group) is 1. The molecule has 3 heterocycles. The zero-order valence-electron chi connectivity index (χ0n) is 14.5. The average Bonchev–Trinajstić information content (AvgIpc) is 3.07. The zero-order valence-corrected chi connectivity index (χ0v) is 14.5. The maximum Gasteiger partial charge on any atom is 0.181 e. The summed E-state index contributed by atoms with van der Waals surface area (Å²) in [5, 5.41) is 4.84. The van der Waals surface area contributed by atoms with E-state index in [1.807, 2.05) is 18.2 Å². The lowest BCUT2D eigenvalue weighted by molar-refractivity contribution is 0.242. The van der Waals surface area contributed by atoms with Crippen molar-refractivity contribution < 1.29 is 0 Å². The van der Waals surface area contributed by atoms with Crippen LogP contribution >= 0.6 is 0 Å². The van der Waals surface area contributed by atoms with Gasteiger partial charge in [0.1, 0.15) is 5.82 Å². The Labute approximate surface area is 148 Å². The molecule has 1 fully saturated rings. The topological polar surface area (TPSA) is 46.8 Å². The second kappa shape index (κ2) is 7.15. The number of hydrogen-bond acceptors (Lipinski definition) is 4. The molecule has 3 aromatic rings. The Bertz CT molecular complexity index is 813. The Kier molecular flexibility index (Phi) is 4.57. The molecule has 128 valence electrons. The van der Waals surface area contributed by atoms with Crippen LogP contribution in [0.4, 0.5) is 0 Å². The van der Waals surface area contributed by atoms with Gasteiger partial charge in [0.15, 0.2) is 5.82 Å². The molecule has 1 atom stereocenters. The van der Waals surface area contributed by atoms with E-state index in [1.54, 1.807) is 12.4 Å². The summed E-state index contributed by atoms with van der Waals surface area (Å²) in [6.07, 6.45) is 5.97. The van der Waals surface area contributed by atoms with Gasteiger partial charge in [-0.2, -0.15) is 5.10 Å². The summed E-state index contributed by atoms with van der Waals surface area (Å²) < 4.78 is 2.09. The fourth-order valence-electron chi connectivity index (χ4n) is 3.53. The largest absolute Gasteiger partial charge is 0.306 e. The molecule has 0 amide bonds. The molecule has 25 heavy (non-hydrogen) atoms. The van der Waals surface area contributed by atoms with E-state index in [1.165, 1.54) is 24.9 Å². The van der Waals surface area contributed by atoms with Crippen LogP contribution in [0.15, 0.2) is 54.9 Å². The molecule has 5 heteroatoms. The van der Waals surface area contributed by atoms with Gasteiger partial charge in [-0.05, 0) is 44.1 Å². The third-order valence-electron chi connectivity index (χ3n) is 4.80. The highest BCUT2D eigenvalue weighted by molar-refractivity contribution is 5.53. The molecular weight excluding hydrogens is 310 g/mol. The SMILES string of the molecule is CN1CCC[C@H](c2nc(-c3ccncc3)nn2Cc2ccccc2)C1. The molecule has 5 nitrogen and oxygen atoms in total. The summed E-state index contributed by atoms with van der Waals surface area (Å²) in [6, 6.07) is 14.4. The van der Waals surface area contributed by atoms with E-state index >= 15 is 0 Å². The van der Waals surface area contributed by atoms with Gasteiger partial charge in [-0.25, -0.2) is 9.67 Å². The van der Waals surface area contributed by atoms with Gasteiger partial charge in [0, 0.05) is 30.4 Å². The predicted molar refractivity (Wildman–Crippen MR) is 98.3 cm³/mol. The van der Waals surface area contributed by atoms with E-state index in [-0.39, 0.29) is 0 Å². The fourth-order valence-corrected chi connectivity index (χ4v) is 3.53. The number of likely N-dealkylation sites (tertiary alicyclic amines) is 1. The number of pyridine rings is 1. The van der Waals surface area contributed by atoms with E-state index < -0.39 is 0 Å². The van der Waals surface area contributed by atoms with Gasteiger partial charge < -0.3 is 4.90 Å². The van der Waals surface area contributed by atoms with Crippen molar-refractivity contribution >= 4 is 0 Å². The van der Waals surface area contributed by atoms with Crippen LogP contribution < -0.4 is 0 Å². The molecule has 0 spiro atoms. The van der Waals surface area contributed by atoms with Gasteiger partial charge in [-0.15, -0.1) is 0 Å². The second-order valence-corrected chi connectivity index (χ2v) is 6.77. The quantitative estimate of drug-likeness (QED) is 0.735. The Balaban J connectivity index is 1.70. The van der Waals surface area contributed by atoms with Gasteiger partial charge in [0.25, 0.3) is 0 Å². The fraction of sp³-hybridized carbons (Fsp3) is 0.350. The van der Waals surface area contributed by atoms with Crippen molar-refractivity contribution in [2.45, 2.75) is 25.3 Å². The lowest BCUT2D eigenvalue weighted by Gasteiger charge is -2.29. The van der Waals surface area contributed by atoms with Crippen LogP contribution in [0.3, 0.4) is 0 Å². The summed E-state index contributed by atoms with van der Waals surface area (Å²) in [7, 11) is 2.19. The van der Waals surface area contributed by atoms with Crippen LogP contribution in [-0.4, -0.2) is 44.8 Å². The Hall–Kier alpha value is -2.53. The molecule has 1 saturated heterocycles. The van der Waals surface area contributed by atoms with Crippen LogP contribution in [0, 0.1) is 0 Å². The normalized spacial score (nSPS) is 18.4. The monoisotopic (exact) mass is 333 g/mol. The summed E-state index contributed by atoms with van der Waals surface area (Å²) in [4.78, 5) is 11.4. The smallest absolute Gasteiger partial charge is 0.181 e. The van der Waals surface area contributed by atoms with Crippen molar-refractivity contribution in [1.82, 2.24) is 24.6 Å². The molecule has 0 unspecified atom stereocenters. The summed E-state index contributed by atoms with van der Waals surface area (Å²) in [5.41, 5.74) is 2.27. The minimum absolute atomic E-state index is 0.436. The third-order valence-corrected chi connectivity index (χ3v) is 4.80. The Morgan fingerprint density at radius 1 is 1.08 bits per heavy atom. The first kappa shape index (κ1) is 16.0. The molecular formula is C20H23N5.